The van der Waals surface area contributed by atoms with E-state index in [1.54, 1.807) is 0 Å². The second-order valence-electron chi connectivity index (χ2n) is 36.9. The molecule has 0 N–H and O–H groups in total. The molecule has 0 heterocycles. The van der Waals surface area contributed by atoms with Crippen molar-refractivity contribution in [1.29, 1.82) is 0 Å². The molecule has 2 nitrogen and oxygen atoms in total. The molecule has 20 aromatic carbocycles. The zero-order valence-corrected chi connectivity index (χ0v) is 107. The van der Waals surface area contributed by atoms with Crippen LogP contribution in [0.4, 0.5) is 0 Å². The van der Waals surface area contributed by atoms with E-state index in [2.05, 4.69) is 488 Å². The number of halogens is 10. The van der Waals surface area contributed by atoms with E-state index in [9.17, 15) is 0 Å². The van der Waals surface area contributed by atoms with Gasteiger partial charge in [0.1, 0.15) is 0 Å². The molecule has 17 heteroatoms. The van der Waals surface area contributed by atoms with Gasteiger partial charge in [-0.25, -0.2) is 18.2 Å². The van der Waals surface area contributed by atoms with Crippen molar-refractivity contribution < 1.29 is 114 Å². The Kier molecular flexibility index (Phi) is 71.1. The minimum absolute atomic E-state index is 0.0231. The Hall–Kier alpha value is -5.50. The summed E-state index contributed by atoms with van der Waals surface area (Å²) in [4.78, 5) is 0. The molecule has 0 aliphatic carbocycles. The van der Waals surface area contributed by atoms with Gasteiger partial charge in [0, 0.05) is 13.2 Å². The van der Waals surface area contributed by atoms with Gasteiger partial charge in [-0.1, -0.05) is 292 Å². The zero-order valence-electron chi connectivity index (χ0n) is 86.9. The van der Waals surface area contributed by atoms with Crippen LogP contribution in [0.15, 0.2) is 431 Å². The molecule has 0 fully saturated rings. The summed E-state index contributed by atoms with van der Waals surface area (Å²) in [6.45, 7) is 27.0. The molecule has 0 spiro atoms. The van der Waals surface area contributed by atoms with Crippen molar-refractivity contribution in [1.82, 2.24) is 0 Å². The van der Waals surface area contributed by atoms with Crippen LogP contribution in [-0.2, 0) is 146 Å². The van der Waals surface area contributed by atoms with E-state index in [0.29, 0.717) is 0 Å². The van der Waals surface area contributed by atoms with E-state index in [4.69, 9.17) is 94.6 Å². The Morgan fingerprint density at radius 2 is 0.619 bits per heavy atom. The van der Waals surface area contributed by atoms with Crippen molar-refractivity contribution >= 4 is 161 Å². The van der Waals surface area contributed by atoms with E-state index in [1.807, 2.05) is 12.1 Å². The van der Waals surface area contributed by atoms with Gasteiger partial charge in [0.15, 0.2) is 0 Å². The van der Waals surface area contributed by atoms with Crippen molar-refractivity contribution in [2.24, 2.45) is 0 Å². The number of hydrogen-bond donors (Lipinski definition) is 0. The van der Waals surface area contributed by atoms with Gasteiger partial charge in [0.05, 0.1) is 11.2 Å². The number of aryl methyl sites for hydroxylation is 7. The van der Waals surface area contributed by atoms with Crippen LogP contribution in [0, 0.1) is 13.8 Å². The Balaban J connectivity index is 0.000000247. The summed E-state index contributed by atoms with van der Waals surface area (Å²) < 4.78 is 11.4. The summed E-state index contributed by atoms with van der Waals surface area (Å²) in [5.74, 6) is 0. The summed E-state index contributed by atoms with van der Waals surface area (Å²) in [6.07, 6.45) is 24.5. The largest absolute Gasteiger partial charge is 0.168 e. The predicted molar refractivity (Wildman–Crippen MR) is 639 cm³/mol. The Labute approximate surface area is 974 Å². The van der Waals surface area contributed by atoms with Gasteiger partial charge < -0.3 is 9.47 Å². The third-order valence-electron chi connectivity index (χ3n) is 23.5. The van der Waals surface area contributed by atoms with Crippen LogP contribution < -0.4 is 0 Å². The van der Waals surface area contributed by atoms with Gasteiger partial charge in [-0.3, -0.25) is 0 Å². The number of benzene rings is 10. The fourth-order valence-electron chi connectivity index (χ4n) is 16.5. The maximum absolute atomic E-state index is 5.68. The smallest absolute Gasteiger partial charge is 0.0635 e. The molecule has 0 amide bonds. The fraction of sp³-hybridized carbons (Fsp3) is 0.246. The second kappa shape index (κ2) is 80.3. The monoisotopic (exact) mass is 2530 g/mol. The molecule has 20 aromatic rings. The molecule has 0 aliphatic heterocycles. The second-order valence-corrected chi connectivity index (χ2v) is 55.5. The van der Waals surface area contributed by atoms with Crippen LogP contribution in [0.5, 0.6) is 0 Å². The molecule has 0 radical (unpaired) electrons. The van der Waals surface area contributed by atoms with Crippen LogP contribution in [0.2, 0.25) is 0 Å². The first-order chi connectivity index (χ1) is 71.5. The quantitative estimate of drug-likeness (QED) is 0.0306. The Morgan fingerprint density at radius 1 is 0.286 bits per heavy atom. The van der Waals surface area contributed by atoms with Crippen LogP contribution in [-0.4, -0.2) is 24.4 Å². The number of fused-ring (bicyclic) bond motifs is 7. The van der Waals surface area contributed by atoms with E-state index < -0.39 is 104 Å². The molecule has 764 valence electrons. The third-order valence-corrected chi connectivity index (χ3v) is 23.5. The Bertz CT molecular complexity index is 6240. The number of allylic oxidation sites excluding steroid dienone is 1. The topological polar surface area (TPSA) is 18.5 Å². The normalized spacial score (nSPS) is 10.1. The SMILES string of the molecule is C=CCCc1c[cH-]c2ccccc12.CC(C)(C)OCCCCCCc1cc[cH-]c1.CC(C)(C)OCCCCCCc1cc[cH-]c1.CCCCc1c[cH-]c2ccccc12.CCCCc1cc[cH-]c1.Cc1cc2c(-c3ccccc3)cccc2[cH-]1.Cc1cc2c(-c3ccccc3)cccc2[cH-]1.[Cl][Zr+2][Cl].[Cl][Zr+2][Cl].[Cl][Zr+2][Cl].[Cl][Zr+2][Cl].[Cl][Zr+2][Cl].c1ccc(-c2cc3ccccc3[cH-]2)cc1.c1ccc2[cH-]ccc2c1.c1ccc2[cH-]ccc2c1. The van der Waals surface area contributed by atoms with Crippen LogP contribution in [0.3, 0.4) is 0 Å². The number of rotatable bonds is 26. The molecule has 0 saturated heterocycles. The minimum Gasteiger partial charge on any atom is -0.168 e. The van der Waals surface area contributed by atoms with Crippen molar-refractivity contribution in [3.8, 4) is 33.4 Å². The predicted octanol–water partition coefficient (Wildman–Crippen LogP) is 44.3. The van der Waals surface area contributed by atoms with E-state index in [-0.39, 0.29) is 11.2 Å². The molecule has 0 saturated carbocycles. The minimum atomic E-state index is -0.826. The maximum Gasteiger partial charge on any atom is -0.0635 e. The van der Waals surface area contributed by atoms with Gasteiger partial charge in [-0.2, -0.15) is 130 Å². The molecule has 20 rings (SSSR count). The third kappa shape index (κ3) is 54.4. The van der Waals surface area contributed by atoms with Gasteiger partial charge in [0.2, 0.25) is 0 Å². The maximum atomic E-state index is 5.68. The molecule has 0 aromatic heterocycles. The van der Waals surface area contributed by atoms with Crippen LogP contribution >= 0.6 is 85.1 Å². The van der Waals surface area contributed by atoms with Gasteiger partial charge >= 0.3 is 189 Å². The van der Waals surface area contributed by atoms with Gasteiger partial charge in [-0.15, -0.1) is 252 Å². The van der Waals surface area contributed by atoms with Crippen molar-refractivity contribution in [2.45, 2.75) is 196 Å². The number of unbranched alkanes of at least 4 members (excludes halogenated alkanes) is 8. The zero-order chi connectivity index (χ0) is 106. The van der Waals surface area contributed by atoms with Crippen molar-refractivity contribution in [3.05, 3.63) is 470 Å². The average Bonchev–Trinajstić information content (AvgIpc) is 1.68. The summed E-state index contributed by atoms with van der Waals surface area (Å²) in [5, 5.41) is 18.9. The first-order valence-corrected chi connectivity index (χ1v) is 82.1. The molecule has 0 atom stereocenters. The van der Waals surface area contributed by atoms with Gasteiger partial charge in [-0.05, 0) is 71.9 Å². The number of hydrogen-bond acceptors (Lipinski definition) is 2. The Morgan fingerprint density at radius 3 is 0.986 bits per heavy atom. The summed E-state index contributed by atoms with van der Waals surface area (Å²) in [7, 11) is 49.3. The molecular weight excluding hydrogens is 2400 g/mol. The average molecular weight is 2550 g/mol. The van der Waals surface area contributed by atoms with Crippen molar-refractivity contribution in [3.63, 3.8) is 0 Å². The first-order valence-electron chi connectivity index (χ1n) is 50.5. The van der Waals surface area contributed by atoms with E-state index in [0.717, 1.165) is 26.1 Å². The number of ether oxygens (including phenoxy) is 2. The van der Waals surface area contributed by atoms with Crippen LogP contribution in [0.1, 0.15) is 178 Å². The fourth-order valence-corrected chi connectivity index (χ4v) is 16.5. The summed E-state index contributed by atoms with van der Waals surface area (Å²) in [6, 6.07) is 148. The van der Waals surface area contributed by atoms with Crippen LogP contribution in [0.25, 0.3) is 109 Å². The van der Waals surface area contributed by atoms with Gasteiger partial charge in [0.25, 0.3) is 0 Å². The summed E-state index contributed by atoms with van der Waals surface area (Å²) in [5.41, 5.74) is 17.9. The molecule has 0 unspecified atom stereocenters. The van der Waals surface area contributed by atoms with Crippen molar-refractivity contribution in [2.75, 3.05) is 13.2 Å². The molecular formula is C130H142Cl10O2Zr5. The van der Waals surface area contributed by atoms with E-state index >= 15 is 0 Å². The first kappa shape index (κ1) is 130. The molecule has 0 aliphatic rings. The summed E-state index contributed by atoms with van der Waals surface area (Å²) >= 11 is -4.13. The standard InChI is InChI=1S/2C16H13.2C15H25O.C15H11.C13H15.C13H13.2C9H7.C9H13.10ClH.5Zr/c2*1-12-10-14-8-5-9-15(16(14)11-12)13-6-3-2-4-7-13;2*1-15(2,3)16-13-9-5-4-6-10-14-11-7-8-12-14;1-2-6-12(7-3-1)15-10-13-8-4-5-9-14(13)11-15;2*1-2-3-6-11-9-10-12-7-4-5-8-13(11)12;2*1-2-5-9-7-3-6-8(9)4-1;1-2-3-6-9-7-4-5-8-9;;;;;;;;;;;;;;;/h2*2-11H,1H3;2*7-8,11-12H,4-6,9-10,13H2,1-3H3;1-11H;4-5,7-10H,2-3,6H2,1H3;2,4-5,7-10H,1,3,6H2;2*1-7H;4-5,7-8H,2-3,6H2,1H3;10*1H;;;;;/q10*-1;;;;;;;;;;;5*+4/p-10. The molecule has 0 bridgehead atoms. The molecule has 147 heavy (non-hydrogen) atoms. The van der Waals surface area contributed by atoms with E-state index in [1.165, 1.54) is 250 Å².